The first-order valence-corrected chi connectivity index (χ1v) is 7.59. The van der Waals surface area contributed by atoms with Gasteiger partial charge in [0.15, 0.2) is 0 Å². The summed E-state index contributed by atoms with van der Waals surface area (Å²) in [7, 11) is 0. The number of carbonyl (C=O) groups excluding carboxylic acids is 1. The maximum Gasteiger partial charge on any atom is 0.220 e. The van der Waals surface area contributed by atoms with Crippen LogP contribution < -0.4 is 5.32 Å². The van der Waals surface area contributed by atoms with Crippen molar-refractivity contribution in [3.63, 3.8) is 0 Å². The summed E-state index contributed by atoms with van der Waals surface area (Å²) >= 11 is 0. The van der Waals surface area contributed by atoms with Gasteiger partial charge in [0, 0.05) is 25.4 Å². The number of aromatic nitrogens is 1. The first-order chi connectivity index (χ1) is 9.83. The van der Waals surface area contributed by atoms with Crippen molar-refractivity contribution >= 4 is 5.91 Å². The zero-order valence-electron chi connectivity index (χ0n) is 12.3. The second-order valence-electron chi connectivity index (χ2n) is 5.09. The molecule has 1 aromatic heterocycles. The van der Waals surface area contributed by atoms with Gasteiger partial charge in [-0.3, -0.25) is 9.78 Å². The molecular weight excluding hydrogens is 248 g/mol. The largest absolute Gasteiger partial charge is 0.352 e. The smallest absolute Gasteiger partial charge is 0.220 e. The highest BCUT2D eigenvalue weighted by Gasteiger charge is 2.01. The van der Waals surface area contributed by atoms with Crippen LogP contribution in [0.2, 0.25) is 0 Å². The Morgan fingerprint density at radius 1 is 1.20 bits per heavy atom. The van der Waals surface area contributed by atoms with Gasteiger partial charge in [-0.1, -0.05) is 37.8 Å². The fourth-order valence-corrected chi connectivity index (χ4v) is 2.07. The second kappa shape index (κ2) is 11.2. The molecule has 0 saturated carbocycles. The van der Waals surface area contributed by atoms with Crippen LogP contribution in [-0.2, 0) is 11.3 Å². The number of allylic oxidation sites excluding steroid dienone is 1. The van der Waals surface area contributed by atoms with Crippen LogP contribution in [0.25, 0.3) is 0 Å². The van der Waals surface area contributed by atoms with Gasteiger partial charge in [0.05, 0.1) is 0 Å². The van der Waals surface area contributed by atoms with Crippen molar-refractivity contribution < 1.29 is 4.79 Å². The highest BCUT2D eigenvalue weighted by molar-refractivity contribution is 5.75. The average Bonchev–Trinajstić information content (AvgIpc) is 2.49. The number of pyridine rings is 1. The fraction of sp³-hybridized carbons (Fsp3) is 0.529. The van der Waals surface area contributed by atoms with E-state index < -0.39 is 0 Å². The van der Waals surface area contributed by atoms with E-state index in [9.17, 15) is 4.79 Å². The molecule has 1 N–H and O–H groups in total. The summed E-state index contributed by atoms with van der Waals surface area (Å²) in [5, 5.41) is 2.93. The van der Waals surface area contributed by atoms with Gasteiger partial charge in [0.25, 0.3) is 0 Å². The molecule has 1 aromatic rings. The average molecular weight is 274 g/mol. The van der Waals surface area contributed by atoms with E-state index in [0.717, 1.165) is 24.8 Å². The molecule has 0 atom stereocenters. The summed E-state index contributed by atoms with van der Waals surface area (Å²) in [6.45, 7) is 4.30. The maximum absolute atomic E-state index is 11.6. The lowest BCUT2D eigenvalue weighted by atomic mass is 10.1. The van der Waals surface area contributed by atoms with Crippen molar-refractivity contribution in [1.82, 2.24) is 10.3 Å². The summed E-state index contributed by atoms with van der Waals surface area (Å²) < 4.78 is 0. The number of amides is 1. The third-order valence-corrected chi connectivity index (χ3v) is 3.27. The number of rotatable bonds is 11. The van der Waals surface area contributed by atoms with Crippen LogP contribution in [0.3, 0.4) is 0 Å². The number of hydrogen-bond donors (Lipinski definition) is 1. The van der Waals surface area contributed by atoms with Gasteiger partial charge in [-0.05, 0) is 30.9 Å². The molecule has 110 valence electrons. The topological polar surface area (TPSA) is 42.0 Å². The van der Waals surface area contributed by atoms with E-state index in [1.54, 1.807) is 12.4 Å². The minimum atomic E-state index is 0.139. The highest BCUT2D eigenvalue weighted by Crippen LogP contribution is 2.08. The van der Waals surface area contributed by atoms with Crippen LogP contribution in [0.15, 0.2) is 37.2 Å². The van der Waals surface area contributed by atoms with Crippen molar-refractivity contribution in [3.8, 4) is 0 Å². The molecule has 0 aliphatic heterocycles. The Morgan fingerprint density at radius 3 is 2.65 bits per heavy atom. The number of unbranched alkanes of at least 4 members (excludes halogenated alkanes) is 6. The van der Waals surface area contributed by atoms with Gasteiger partial charge < -0.3 is 5.32 Å². The zero-order chi connectivity index (χ0) is 14.5. The van der Waals surface area contributed by atoms with Gasteiger partial charge in [-0.25, -0.2) is 0 Å². The first-order valence-electron chi connectivity index (χ1n) is 7.59. The Hall–Kier alpha value is -1.64. The molecular formula is C17H26N2O. The van der Waals surface area contributed by atoms with Crippen LogP contribution in [0.4, 0.5) is 0 Å². The van der Waals surface area contributed by atoms with E-state index in [1.807, 2.05) is 18.2 Å². The van der Waals surface area contributed by atoms with Crippen molar-refractivity contribution in [1.29, 1.82) is 0 Å². The van der Waals surface area contributed by atoms with E-state index in [1.165, 1.54) is 25.7 Å². The van der Waals surface area contributed by atoms with Gasteiger partial charge in [0.2, 0.25) is 5.91 Å². The van der Waals surface area contributed by atoms with E-state index in [0.29, 0.717) is 13.0 Å². The van der Waals surface area contributed by atoms with Crippen molar-refractivity contribution in [3.05, 3.63) is 42.7 Å². The number of nitrogens with one attached hydrogen (secondary N) is 1. The van der Waals surface area contributed by atoms with Crippen molar-refractivity contribution in [2.24, 2.45) is 0 Å². The van der Waals surface area contributed by atoms with Crippen molar-refractivity contribution in [2.45, 2.75) is 57.9 Å². The summed E-state index contributed by atoms with van der Waals surface area (Å²) in [5.41, 5.74) is 1.04. The summed E-state index contributed by atoms with van der Waals surface area (Å²) in [4.78, 5) is 15.7. The first kappa shape index (κ1) is 16.4. The van der Waals surface area contributed by atoms with Crippen LogP contribution >= 0.6 is 0 Å². The molecule has 0 aromatic carbocycles. The predicted octanol–water partition coefficient (Wildman–Crippen LogP) is 4.00. The minimum absolute atomic E-state index is 0.139. The lowest BCUT2D eigenvalue weighted by molar-refractivity contribution is -0.121. The molecule has 0 fully saturated rings. The molecule has 1 heterocycles. The predicted molar refractivity (Wildman–Crippen MR) is 83.2 cm³/mol. The lowest BCUT2D eigenvalue weighted by Gasteiger charge is -2.05. The van der Waals surface area contributed by atoms with E-state index >= 15 is 0 Å². The molecule has 0 aliphatic carbocycles. The van der Waals surface area contributed by atoms with Crippen LogP contribution in [-0.4, -0.2) is 10.9 Å². The maximum atomic E-state index is 11.6. The molecule has 0 aliphatic rings. The van der Waals surface area contributed by atoms with Gasteiger partial charge in [-0.2, -0.15) is 0 Å². The fourth-order valence-electron chi connectivity index (χ4n) is 2.07. The van der Waals surface area contributed by atoms with E-state index in [-0.39, 0.29) is 5.91 Å². The standard InChI is InChI=1S/C17H26N2O/c1-2-3-4-5-6-7-8-9-12-17(20)19-15-16-11-10-13-18-14-16/h2,10-11,13-14H,1,3-9,12,15H2,(H,19,20). The number of hydrogen-bond acceptors (Lipinski definition) is 2. The summed E-state index contributed by atoms with van der Waals surface area (Å²) in [5.74, 6) is 0.139. The summed E-state index contributed by atoms with van der Waals surface area (Å²) in [6.07, 6.45) is 14.4. The monoisotopic (exact) mass is 274 g/mol. The van der Waals surface area contributed by atoms with Crippen LogP contribution in [0.1, 0.15) is 56.9 Å². The quantitative estimate of drug-likeness (QED) is 0.489. The zero-order valence-corrected chi connectivity index (χ0v) is 12.3. The third kappa shape index (κ3) is 8.46. The van der Waals surface area contributed by atoms with Gasteiger partial charge in [0.1, 0.15) is 0 Å². The molecule has 0 unspecified atom stereocenters. The number of carbonyl (C=O) groups is 1. The Kier molecular flexibility index (Phi) is 9.20. The Morgan fingerprint density at radius 2 is 1.95 bits per heavy atom. The molecule has 3 nitrogen and oxygen atoms in total. The molecule has 0 radical (unpaired) electrons. The normalized spacial score (nSPS) is 10.2. The SMILES string of the molecule is C=CCCCCCCCCC(=O)NCc1cccnc1. The number of nitrogens with zero attached hydrogens (tertiary/aromatic N) is 1. The minimum Gasteiger partial charge on any atom is -0.352 e. The Labute approximate surface area is 122 Å². The lowest BCUT2D eigenvalue weighted by Crippen LogP contribution is -2.22. The van der Waals surface area contributed by atoms with Crippen LogP contribution in [0.5, 0.6) is 0 Å². The highest BCUT2D eigenvalue weighted by atomic mass is 16.1. The molecule has 20 heavy (non-hydrogen) atoms. The van der Waals surface area contributed by atoms with Crippen molar-refractivity contribution in [2.75, 3.05) is 0 Å². The van der Waals surface area contributed by atoms with Gasteiger partial charge >= 0.3 is 0 Å². The molecule has 3 heteroatoms. The third-order valence-electron chi connectivity index (χ3n) is 3.27. The molecule has 1 amide bonds. The molecule has 0 saturated heterocycles. The Bertz CT molecular complexity index is 376. The molecule has 0 spiro atoms. The molecule has 0 bridgehead atoms. The second-order valence-corrected chi connectivity index (χ2v) is 5.09. The van der Waals surface area contributed by atoms with E-state index in [4.69, 9.17) is 0 Å². The van der Waals surface area contributed by atoms with E-state index in [2.05, 4.69) is 16.9 Å². The van der Waals surface area contributed by atoms with Crippen LogP contribution in [0, 0.1) is 0 Å². The van der Waals surface area contributed by atoms with Gasteiger partial charge in [-0.15, -0.1) is 6.58 Å². The Balaban J connectivity index is 1.94. The summed E-state index contributed by atoms with van der Waals surface area (Å²) in [6, 6.07) is 3.85. The molecule has 1 rings (SSSR count).